The monoisotopic (exact) mass is 441 g/mol. The molecule has 8 nitrogen and oxygen atoms in total. The van der Waals surface area contributed by atoms with E-state index in [1.54, 1.807) is 6.21 Å². The van der Waals surface area contributed by atoms with Gasteiger partial charge in [0.15, 0.2) is 0 Å². The van der Waals surface area contributed by atoms with Crippen LogP contribution >= 0.6 is 0 Å². The molecule has 33 heavy (non-hydrogen) atoms. The van der Waals surface area contributed by atoms with E-state index in [4.69, 9.17) is 4.74 Å². The third-order valence-electron chi connectivity index (χ3n) is 5.17. The molecule has 0 aliphatic rings. The molecular weight excluding hydrogens is 418 g/mol. The van der Waals surface area contributed by atoms with Crippen LogP contribution < -0.4 is 10.2 Å². The smallest absolute Gasteiger partial charge is 0.313 e. The number of benzene rings is 2. The zero-order valence-corrected chi connectivity index (χ0v) is 18.3. The van der Waals surface area contributed by atoms with Gasteiger partial charge in [0.05, 0.1) is 11.1 Å². The molecule has 0 saturated heterocycles. The van der Waals surface area contributed by atoms with Crippen LogP contribution in [0.5, 0.6) is 5.75 Å². The van der Waals surface area contributed by atoms with Crippen molar-refractivity contribution < 1.29 is 9.66 Å². The third kappa shape index (κ3) is 5.07. The second-order valence-corrected chi connectivity index (χ2v) is 7.43. The minimum atomic E-state index is -0.496. The standard InChI is InChI=1S/C25H23N5O3/c1-18-15-21(16-27-28-25-24(30(31)32)9-6-14-26-25)19(2)29(18)22-10-12-23(13-11-22)33-17-20-7-4-3-5-8-20/h3-16H,17H2,1-2H3,(H,26,28)/b27-16-. The van der Waals surface area contributed by atoms with E-state index in [0.29, 0.717) is 6.61 Å². The molecule has 4 aromatic rings. The molecule has 0 aliphatic heterocycles. The number of nitro groups is 1. The van der Waals surface area contributed by atoms with Crippen LogP contribution in [0.4, 0.5) is 11.5 Å². The lowest BCUT2D eigenvalue weighted by atomic mass is 10.2. The number of hydrazone groups is 1. The Morgan fingerprint density at radius 1 is 1.09 bits per heavy atom. The molecule has 0 fully saturated rings. The maximum Gasteiger partial charge on any atom is 0.313 e. The van der Waals surface area contributed by atoms with Gasteiger partial charge in [-0.15, -0.1) is 0 Å². The van der Waals surface area contributed by atoms with Gasteiger partial charge in [-0.3, -0.25) is 15.5 Å². The van der Waals surface area contributed by atoms with Crippen molar-refractivity contribution in [3.8, 4) is 11.4 Å². The number of rotatable bonds is 8. The van der Waals surface area contributed by atoms with Crippen LogP contribution in [0.3, 0.4) is 0 Å². The molecule has 0 spiro atoms. The molecule has 1 N–H and O–H groups in total. The van der Waals surface area contributed by atoms with Crippen molar-refractivity contribution in [1.29, 1.82) is 0 Å². The van der Waals surface area contributed by atoms with E-state index in [1.807, 2.05) is 74.5 Å². The van der Waals surface area contributed by atoms with Crippen molar-refractivity contribution in [3.63, 3.8) is 0 Å². The Bertz CT molecular complexity index is 1280. The normalized spacial score (nSPS) is 11.0. The highest BCUT2D eigenvalue weighted by atomic mass is 16.6. The zero-order chi connectivity index (χ0) is 23.2. The highest BCUT2D eigenvalue weighted by molar-refractivity contribution is 5.83. The van der Waals surface area contributed by atoms with Gasteiger partial charge in [-0.2, -0.15) is 5.10 Å². The van der Waals surface area contributed by atoms with E-state index in [9.17, 15) is 10.1 Å². The van der Waals surface area contributed by atoms with Gasteiger partial charge in [0.25, 0.3) is 0 Å². The van der Waals surface area contributed by atoms with E-state index in [-0.39, 0.29) is 11.5 Å². The summed E-state index contributed by atoms with van der Waals surface area (Å²) < 4.78 is 7.99. The summed E-state index contributed by atoms with van der Waals surface area (Å²) in [4.78, 5) is 14.6. The molecule has 0 bridgehead atoms. The lowest BCUT2D eigenvalue weighted by molar-refractivity contribution is -0.384. The number of aromatic nitrogens is 2. The number of hydrogen-bond donors (Lipinski definition) is 1. The van der Waals surface area contributed by atoms with Gasteiger partial charge in [-0.25, -0.2) is 4.98 Å². The minimum Gasteiger partial charge on any atom is -0.489 e. The van der Waals surface area contributed by atoms with Crippen LogP contribution in [0.1, 0.15) is 22.5 Å². The molecule has 2 aromatic heterocycles. The van der Waals surface area contributed by atoms with Gasteiger partial charge in [0.1, 0.15) is 12.4 Å². The van der Waals surface area contributed by atoms with Crippen molar-refractivity contribution in [3.05, 3.63) is 112 Å². The molecule has 2 aromatic carbocycles. The molecule has 0 radical (unpaired) electrons. The van der Waals surface area contributed by atoms with E-state index >= 15 is 0 Å². The highest BCUT2D eigenvalue weighted by Gasteiger charge is 2.13. The first-order valence-electron chi connectivity index (χ1n) is 10.4. The minimum absolute atomic E-state index is 0.0960. The molecule has 0 saturated carbocycles. The Labute approximate surface area is 191 Å². The summed E-state index contributed by atoms with van der Waals surface area (Å²) in [5.74, 6) is 0.895. The zero-order valence-electron chi connectivity index (χ0n) is 18.3. The Balaban J connectivity index is 1.47. The fourth-order valence-corrected chi connectivity index (χ4v) is 3.54. The SMILES string of the molecule is Cc1cc(/C=N\Nc2ncccc2[N+](=O)[O-])c(C)n1-c1ccc(OCc2ccccc2)cc1. The van der Waals surface area contributed by atoms with Gasteiger partial charge in [-0.05, 0) is 55.8 Å². The van der Waals surface area contributed by atoms with Crippen molar-refractivity contribution >= 4 is 17.7 Å². The van der Waals surface area contributed by atoms with Gasteiger partial charge >= 0.3 is 5.69 Å². The maximum absolute atomic E-state index is 11.1. The van der Waals surface area contributed by atoms with E-state index < -0.39 is 4.92 Å². The second-order valence-electron chi connectivity index (χ2n) is 7.43. The average Bonchev–Trinajstić information content (AvgIpc) is 3.12. The number of nitrogens with zero attached hydrogens (tertiary/aromatic N) is 4. The van der Waals surface area contributed by atoms with Crippen molar-refractivity contribution in [2.45, 2.75) is 20.5 Å². The topological polar surface area (TPSA) is 94.6 Å². The van der Waals surface area contributed by atoms with Gasteiger partial charge in [0.2, 0.25) is 5.82 Å². The van der Waals surface area contributed by atoms with Crippen molar-refractivity contribution in [2.24, 2.45) is 5.10 Å². The number of pyridine rings is 1. The quantitative estimate of drug-likeness (QED) is 0.224. The predicted octanol–water partition coefficient (Wildman–Crippen LogP) is 5.42. The molecule has 8 heteroatoms. The molecular formula is C25H23N5O3. The summed E-state index contributed by atoms with van der Waals surface area (Å²) in [5.41, 5.74) is 7.58. The molecule has 4 rings (SSSR count). The van der Waals surface area contributed by atoms with E-state index in [2.05, 4.69) is 20.1 Å². The first-order chi connectivity index (χ1) is 16.0. The summed E-state index contributed by atoms with van der Waals surface area (Å²) in [5, 5.41) is 15.3. The van der Waals surface area contributed by atoms with Crippen LogP contribution in [-0.4, -0.2) is 20.7 Å². The number of hydrogen-bond acceptors (Lipinski definition) is 6. The first-order valence-corrected chi connectivity index (χ1v) is 10.4. The molecule has 2 heterocycles. The van der Waals surface area contributed by atoms with Crippen LogP contribution in [0.15, 0.2) is 84.1 Å². The molecule has 166 valence electrons. The third-order valence-corrected chi connectivity index (χ3v) is 5.17. The highest BCUT2D eigenvalue weighted by Crippen LogP contribution is 2.23. The van der Waals surface area contributed by atoms with Crippen LogP contribution in [0.25, 0.3) is 5.69 Å². The maximum atomic E-state index is 11.1. The second kappa shape index (κ2) is 9.78. The Morgan fingerprint density at radius 3 is 2.58 bits per heavy atom. The largest absolute Gasteiger partial charge is 0.489 e. The summed E-state index contributed by atoms with van der Waals surface area (Å²) in [6.45, 7) is 4.53. The fourth-order valence-electron chi connectivity index (χ4n) is 3.54. The summed E-state index contributed by atoms with van der Waals surface area (Å²) in [6, 6.07) is 22.9. The molecule has 0 amide bonds. The number of aryl methyl sites for hydroxylation is 1. The molecule has 0 atom stereocenters. The van der Waals surface area contributed by atoms with Gasteiger partial charge in [-0.1, -0.05) is 30.3 Å². The Hall–Kier alpha value is -4.46. The number of anilines is 1. The van der Waals surface area contributed by atoms with Crippen LogP contribution in [0, 0.1) is 24.0 Å². The van der Waals surface area contributed by atoms with Crippen molar-refractivity contribution in [1.82, 2.24) is 9.55 Å². The molecule has 0 aliphatic carbocycles. The Kier molecular flexibility index (Phi) is 6.45. The van der Waals surface area contributed by atoms with Gasteiger partial charge in [0, 0.05) is 34.9 Å². The lowest BCUT2D eigenvalue weighted by Gasteiger charge is -2.11. The predicted molar refractivity (Wildman–Crippen MR) is 128 cm³/mol. The van der Waals surface area contributed by atoms with Crippen LogP contribution in [-0.2, 0) is 6.61 Å². The fraction of sp³-hybridized carbons (Fsp3) is 0.120. The average molecular weight is 441 g/mol. The van der Waals surface area contributed by atoms with Crippen LogP contribution in [0.2, 0.25) is 0 Å². The summed E-state index contributed by atoms with van der Waals surface area (Å²) >= 11 is 0. The van der Waals surface area contributed by atoms with E-state index in [0.717, 1.165) is 34.0 Å². The first kappa shape index (κ1) is 21.8. The van der Waals surface area contributed by atoms with E-state index in [1.165, 1.54) is 18.3 Å². The Morgan fingerprint density at radius 2 is 1.85 bits per heavy atom. The summed E-state index contributed by atoms with van der Waals surface area (Å²) in [7, 11) is 0. The number of nitrogens with one attached hydrogen (secondary N) is 1. The number of ether oxygens (including phenoxy) is 1. The van der Waals surface area contributed by atoms with Gasteiger partial charge < -0.3 is 9.30 Å². The lowest BCUT2D eigenvalue weighted by Crippen LogP contribution is -2.01. The summed E-state index contributed by atoms with van der Waals surface area (Å²) in [6.07, 6.45) is 3.11. The van der Waals surface area contributed by atoms with Crippen molar-refractivity contribution in [2.75, 3.05) is 5.43 Å². The molecule has 0 unspecified atom stereocenters.